The molecule has 0 spiro atoms. The largest absolute Gasteiger partial charge is 0.351 e. The minimum Gasteiger partial charge on any atom is -0.351 e. The minimum absolute atomic E-state index is 0.160. The third-order valence-electron chi connectivity index (χ3n) is 5.16. The molecule has 1 saturated carbocycles. The number of pyridine rings is 1. The van der Waals surface area contributed by atoms with E-state index in [1.165, 1.54) is 6.42 Å². The van der Waals surface area contributed by atoms with Crippen LogP contribution in [0.2, 0.25) is 0 Å². The second-order valence-electron chi connectivity index (χ2n) is 7.17. The van der Waals surface area contributed by atoms with Crippen molar-refractivity contribution in [3.05, 3.63) is 66.0 Å². The number of benzene rings is 1. The number of hydrogen-bond donors (Lipinski definition) is 1. The van der Waals surface area contributed by atoms with Crippen LogP contribution in [0.5, 0.6) is 0 Å². The zero-order chi connectivity index (χ0) is 19.8. The number of amides is 2. The van der Waals surface area contributed by atoms with E-state index >= 15 is 0 Å². The van der Waals surface area contributed by atoms with Crippen LogP contribution in [0.3, 0.4) is 0 Å². The van der Waals surface area contributed by atoms with E-state index in [-0.39, 0.29) is 23.7 Å². The van der Waals surface area contributed by atoms with Gasteiger partial charge in [-0.1, -0.05) is 49.6 Å². The number of rotatable bonds is 7. The van der Waals surface area contributed by atoms with Crippen molar-refractivity contribution in [2.24, 2.45) is 0 Å². The van der Waals surface area contributed by atoms with Crippen molar-refractivity contribution in [2.75, 3.05) is 5.88 Å². The number of carbonyl (C=O) groups excluding carboxylic acids is 2. The Kier molecular flexibility index (Phi) is 7.43. The summed E-state index contributed by atoms with van der Waals surface area (Å²) in [5, 5.41) is 3.17. The summed E-state index contributed by atoms with van der Waals surface area (Å²) >= 11 is 5.91. The van der Waals surface area contributed by atoms with Gasteiger partial charge in [-0.25, -0.2) is 0 Å². The first-order chi connectivity index (χ1) is 13.7. The quantitative estimate of drug-likeness (QED) is 0.719. The third-order valence-corrected chi connectivity index (χ3v) is 5.39. The van der Waals surface area contributed by atoms with Crippen LogP contribution >= 0.6 is 11.6 Å². The lowest BCUT2D eigenvalue weighted by Crippen LogP contribution is -2.47. The maximum atomic E-state index is 13.3. The average Bonchev–Trinajstić information content (AvgIpc) is 2.75. The molecule has 1 aliphatic rings. The Bertz CT molecular complexity index is 764. The fraction of sp³-hybridized carbons (Fsp3) is 0.409. The van der Waals surface area contributed by atoms with Gasteiger partial charge < -0.3 is 10.2 Å². The number of carbonyl (C=O) groups is 2. The molecule has 1 heterocycles. The van der Waals surface area contributed by atoms with Crippen molar-refractivity contribution in [3.8, 4) is 0 Å². The van der Waals surface area contributed by atoms with E-state index < -0.39 is 6.04 Å². The highest BCUT2D eigenvalue weighted by molar-refractivity contribution is 6.27. The van der Waals surface area contributed by atoms with Gasteiger partial charge in [-0.2, -0.15) is 0 Å². The molecule has 1 atom stereocenters. The third kappa shape index (κ3) is 5.32. The molecule has 0 aliphatic heterocycles. The first-order valence-electron chi connectivity index (χ1n) is 9.78. The molecule has 0 unspecified atom stereocenters. The molecule has 5 nitrogen and oxygen atoms in total. The van der Waals surface area contributed by atoms with Gasteiger partial charge in [-0.15, -0.1) is 11.6 Å². The molecule has 1 aromatic heterocycles. The number of aromatic nitrogens is 1. The Morgan fingerprint density at radius 1 is 1.07 bits per heavy atom. The molecule has 1 aliphatic carbocycles. The Balaban J connectivity index is 1.89. The SMILES string of the molecule is O=C(NC1CCCCC1)[C@H](c1ccncc1)N(Cc1ccccc1)C(=O)CCl. The standard InChI is InChI=1S/C22H26ClN3O2/c23-15-20(27)26(16-17-7-3-1-4-8-17)21(18-11-13-24-14-12-18)22(28)25-19-9-5-2-6-10-19/h1,3-4,7-8,11-14,19,21H,2,5-6,9-10,15-16H2,(H,25,28)/t21-/m0/s1. The Morgan fingerprint density at radius 2 is 1.75 bits per heavy atom. The van der Waals surface area contributed by atoms with Crippen molar-refractivity contribution in [3.63, 3.8) is 0 Å². The van der Waals surface area contributed by atoms with E-state index in [4.69, 9.17) is 11.6 Å². The Labute approximate surface area is 171 Å². The first kappa shape index (κ1) is 20.3. The molecule has 0 radical (unpaired) electrons. The van der Waals surface area contributed by atoms with Gasteiger partial charge in [0, 0.05) is 25.0 Å². The summed E-state index contributed by atoms with van der Waals surface area (Å²) in [6.45, 7) is 0.317. The molecule has 1 fully saturated rings. The van der Waals surface area contributed by atoms with Crippen LogP contribution in [-0.2, 0) is 16.1 Å². The number of nitrogens with zero attached hydrogens (tertiary/aromatic N) is 2. The van der Waals surface area contributed by atoms with Crippen LogP contribution in [0.15, 0.2) is 54.9 Å². The van der Waals surface area contributed by atoms with Crippen LogP contribution in [0.4, 0.5) is 0 Å². The lowest BCUT2D eigenvalue weighted by Gasteiger charge is -2.33. The molecule has 2 aromatic rings. The molecule has 28 heavy (non-hydrogen) atoms. The first-order valence-corrected chi connectivity index (χ1v) is 10.3. The Morgan fingerprint density at radius 3 is 2.39 bits per heavy atom. The van der Waals surface area contributed by atoms with Crippen LogP contribution in [0.1, 0.15) is 49.3 Å². The van der Waals surface area contributed by atoms with Crippen LogP contribution < -0.4 is 5.32 Å². The summed E-state index contributed by atoms with van der Waals surface area (Å²) in [7, 11) is 0. The van der Waals surface area contributed by atoms with Gasteiger partial charge in [0.1, 0.15) is 11.9 Å². The number of alkyl halides is 1. The maximum absolute atomic E-state index is 13.3. The van der Waals surface area contributed by atoms with E-state index in [2.05, 4.69) is 10.3 Å². The fourth-order valence-electron chi connectivity index (χ4n) is 3.73. The summed E-state index contributed by atoms with van der Waals surface area (Å²) < 4.78 is 0. The predicted octanol–water partition coefficient (Wildman–Crippen LogP) is 3.84. The molecular formula is C22H26ClN3O2. The summed E-state index contributed by atoms with van der Waals surface area (Å²) in [5.41, 5.74) is 1.68. The van der Waals surface area contributed by atoms with E-state index in [0.717, 1.165) is 36.8 Å². The number of halogens is 1. The molecule has 3 rings (SSSR count). The summed E-state index contributed by atoms with van der Waals surface area (Å²) in [6, 6.07) is 12.6. The molecule has 0 bridgehead atoms. The normalized spacial score (nSPS) is 15.6. The monoisotopic (exact) mass is 399 g/mol. The van der Waals surface area contributed by atoms with Crippen molar-refractivity contribution >= 4 is 23.4 Å². The second-order valence-corrected chi connectivity index (χ2v) is 7.43. The molecule has 148 valence electrons. The lowest BCUT2D eigenvalue weighted by atomic mass is 9.94. The Hall–Kier alpha value is -2.40. The highest BCUT2D eigenvalue weighted by Crippen LogP contribution is 2.25. The fourth-order valence-corrected chi connectivity index (χ4v) is 3.88. The number of nitrogens with one attached hydrogen (secondary N) is 1. The topological polar surface area (TPSA) is 62.3 Å². The van der Waals surface area contributed by atoms with Gasteiger partial charge in [0.15, 0.2) is 0 Å². The molecule has 2 amide bonds. The van der Waals surface area contributed by atoms with E-state index in [1.807, 2.05) is 30.3 Å². The zero-order valence-electron chi connectivity index (χ0n) is 15.9. The predicted molar refractivity (Wildman–Crippen MR) is 110 cm³/mol. The van der Waals surface area contributed by atoms with Crippen molar-refractivity contribution in [1.82, 2.24) is 15.2 Å². The van der Waals surface area contributed by atoms with Gasteiger partial charge in [0.05, 0.1) is 0 Å². The highest BCUT2D eigenvalue weighted by atomic mass is 35.5. The second kappa shape index (κ2) is 10.2. The minimum atomic E-state index is -0.739. The van der Waals surface area contributed by atoms with Gasteiger partial charge in [-0.05, 0) is 36.1 Å². The van der Waals surface area contributed by atoms with Crippen LogP contribution in [-0.4, -0.2) is 33.6 Å². The van der Waals surface area contributed by atoms with Gasteiger partial charge in [-0.3, -0.25) is 14.6 Å². The van der Waals surface area contributed by atoms with E-state index in [1.54, 1.807) is 29.4 Å². The maximum Gasteiger partial charge on any atom is 0.247 e. The van der Waals surface area contributed by atoms with Gasteiger partial charge >= 0.3 is 0 Å². The molecule has 0 saturated heterocycles. The molecule has 1 N–H and O–H groups in total. The highest BCUT2D eigenvalue weighted by Gasteiger charge is 2.32. The summed E-state index contributed by atoms with van der Waals surface area (Å²) in [4.78, 5) is 31.6. The van der Waals surface area contributed by atoms with Crippen LogP contribution in [0, 0.1) is 0 Å². The molecular weight excluding hydrogens is 374 g/mol. The smallest absolute Gasteiger partial charge is 0.247 e. The van der Waals surface area contributed by atoms with Crippen molar-refractivity contribution in [1.29, 1.82) is 0 Å². The van der Waals surface area contributed by atoms with Gasteiger partial charge in [0.2, 0.25) is 11.8 Å². The lowest BCUT2D eigenvalue weighted by molar-refractivity contribution is -0.140. The summed E-state index contributed by atoms with van der Waals surface area (Å²) in [5.74, 6) is -0.607. The van der Waals surface area contributed by atoms with E-state index in [0.29, 0.717) is 6.54 Å². The van der Waals surface area contributed by atoms with Crippen molar-refractivity contribution in [2.45, 2.75) is 50.7 Å². The van der Waals surface area contributed by atoms with Crippen LogP contribution in [0.25, 0.3) is 0 Å². The van der Waals surface area contributed by atoms with Gasteiger partial charge in [0.25, 0.3) is 0 Å². The molecule has 1 aromatic carbocycles. The molecule has 6 heteroatoms. The summed E-state index contributed by atoms with van der Waals surface area (Å²) in [6.07, 6.45) is 8.71. The van der Waals surface area contributed by atoms with Crippen molar-refractivity contribution < 1.29 is 9.59 Å². The zero-order valence-corrected chi connectivity index (χ0v) is 16.6. The average molecular weight is 400 g/mol. The van der Waals surface area contributed by atoms with E-state index in [9.17, 15) is 9.59 Å². The number of hydrogen-bond acceptors (Lipinski definition) is 3.